The molecule has 0 aliphatic rings. The lowest BCUT2D eigenvalue weighted by Crippen LogP contribution is -2.40. The molecular weight excluding hydrogens is 204 g/mol. The maximum absolute atomic E-state index is 11.4. The molecule has 0 aromatic rings. The van der Waals surface area contributed by atoms with E-state index in [0.29, 0.717) is 19.1 Å². The molecule has 0 bridgehead atoms. The van der Waals surface area contributed by atoms with Gasteiger partial charge in [-0.3, -0.25) is 4.79 Å². The zero-order valence-electron chi connectivity index (χ0n) is 10.8. The van der Waals surface area contributed by atoms with Gasteiger partial charge in [0, 0.05) is 19.8 Å². The molecule has 0 radical (unpaired) electrons. The van der Waals surface area contributed by atoms with Gasteiger partial charge in [-0.25, -0.2) is 0 Å². The van der Waals surface area contributed by atoms with Crippen LogP contribution in [0.2, 0.25) is 0 Å². The minimum Gasteiger partial charge on any atom is -0.381 e. The third kappa shape index (κ3) is 8.68. The lowest BCUT2D eigenvalue weighted by molar-refractivity contribution is -0.122. The standard InChI is InChI=1S/C12H26N2O2/c1-4-6-11(13)12(15)14-7-5-8-16-9-10(2)3/h10-11H,4-9,13H2,1-3H3,(H,14,15)/t11-/m1/s1. The molecule has 0 aliphatic carbocycles. The van der Waals surface area contributed by atoms with Gasteiger partial charge in [0.2, 0.25) is 5.91 Å². The number of hydrogen-bond donors (Lipinski definition) is 2. The van der Waals surface area contributed by atoms with Crippen molar-refractivity contribution in [3.05, 3.63) is 0 Å². The molecule has 1 atom stereocenters. The molecule has 0 saturated carbocycles. The van der Waals surface area contributed by atoms with Gasteiger partial charge in [0.05, 0.1) is 6.04 Å². The van der Waals surface area contributed by atoms with Crippen LogP contribution in [-0.4, -0.2) is 31.7 Å². The molecule has 16 heavy (non-hydrogen) atoms. The maximum atomic E-state index is 11.4. The fourth-order valence-electron chi connectivity index (χ4n) is 1.28. The summed E-state index contributed by atoms with van der Waals surface area (Å²) in [7, 11) is 0. The van der Waals surface area contributed by atoms with Gasteiger partial charge in [0.15, 0.2) is 0 Å². The predicted molar refractivity (Wildman–Crippen MR) is 66.2 cm³/mol. The van der Waals surface area contributed by atoms with Gasteiger partial charge in [0.1, 0.15) is 0 Å². The summed E-state index contributed by atoms with van der Waals surface area (Å²) < 4.78 is 5.40. The molecule has 3 N–H and O–H groups in total. The summed E-state index contributed by atoms with van der Waals surface area (Å²) in [6.07, 6.45) is 2.53. The van der Waals surface area contributed by atoms with Crippen LogP contribution in [0.15, 0.2) is 0 Å². The summed E-state index contributed by atoms with van der Waals surface area (Å²) in [6, 6.07) is -0.360. The van der Waals surface area contributed by atoms with Gasteiger partial charge >= 0.3 is 0 Å². The smallest absolute Gasteiger partial charge is 0.236 e. The van der Waals surface area contributed by atoms with Gasteiger partial charge in [0.25, 0.3) is 0 Å². The van der Waals surface area contributed by atoms with Crippen molar-refractivity contribution >= 4 is 5.91 Å². The van der Waals surface area contributed by atoms with Crippen LogP contribution in [-0.2, 0) is 9.53 Å². The molecule has 0 heterocycles. The number of ether oxygens (including phenoxy) is 1. The second-order valence-corrected chi connectivity index (χ2v) is 4.51. The monoisotopic (exact) mass is 230 g/mol. The van der Waals surface area contributed by atoms with Gasteiger partial charge < -0.3 is 15.8 Å². The second-order valence-electron chi connectivity index (χ2n) is 4.51. The van der Waals surface area contributed by atoms with E-state index in [0.717, 1.165) is 25.9 Å². The predicted octanol–water partition coefficient (Wildman–Crippen LogP) is 1.29. The Labute approximate surface area is 98.9 Å². The van der Waals surface area contributed by atoms with Crippen LogP contribution in [0.3, 0.4) is 0 Å². The van der Waals surface area contributed by atoms with Crippen LogP contribution in [0, 0.1) is 5.92 Å². The van der Waals surface area contributed by atoms with E-state index in [2.05, 4.69) is 19.2 Å². The molecule has 0 rings (SSSR count). The number of amides is 1. The SMILES string of the molecule is CCC[C@@H](N)C(=O)NCCCOCC(C)C. The zero-order chi connectivity index (χ0) is 12.4. The van der Waals surface area contributed by atoms with E-state index >= 15 is 0 Å². The Balaban J connectivity index is 3.34. The van der Waals surface area contributed by atoms with E-state index in [-0.39, 0.29) is 11.9 Å². The van der Waals surface area contributed by atoms with Crippen LogP contribution >= 0.6 is 0 Å². The Hall–Kier alpha value is -0.610. The molecule has 4 heteroatoms. The topological polar surface area (TPSA) is 64.4 Å². The number of nitrogens with one attached hydrogen (secondary N) is 1. The van der Waals surface area contributed by atoms with Gasteiger partial charge in [-0.2, -0.15) is 0 Å². The van der Waals surface area contributed by atoms with Crippen LogP contribution in [0.4, 0.5) is 0 Å². The summed E-state index contributed by atoms with van der Waals surface area (Å²) in [4.78, 5) is 11.4. The minimum absolute atomic E-state index is 0.0503. The van der Waals surface area contributed by atoms with Crippen molar-refractivity contribution in [2.45, 2.75) is 46.1 Å². The van der Waals surface area contributed by atoms with Crippen molar-refractivity contribution in [1.29, 1.82) is 0 Å². The zero-order valence-corrected chi connectivity index (χ0v) is 10.8. The molecule has 0 unspecified atom stereocenters. The third-order valence-electron chi connectivity index (χ3n) is 2.15. The average molecular weight is 230 g/mol. The van der Waals surface area contributed by atoms with Crippen molar-refractivity contribution in [3.8, 4) is 0 Å². The summed E-state index contributed by atoms with van der Waals surface area (Å²) in [5.74, 6) is 0.512. The lowest BCUT2D eigenvalue weighted by atomic mass is 10.2. The molecule has 0 fully saturated rings. The third-order valence-corrected chi connectivity index (χ3v) is 2.15. The Morgan fingerprint density at radius 2 is 2.12 bits per heavy atom. The normalized spacial score (nSPS) is 12.8. The first-order valence-electron chi connectivity index (χ1n) is 6.19. The highest BCUT2D eigenvalue weighted by atomic mass is 16.5. The number of hydrogen-bond acceptors (Lipinski definition) is 3. The summed E-state index contributed by atoms with van der Waals surface area (Å²) in [6.45, 7) is 8.38. The summed E-state index contributed by atoms with van der Waals surface area (Å²) in [5, 5.41) is 2.81. The lowest BCUT2D eigenvalue weighted by Gasteiger charge is -2.11. The first-order valence-corrected chi connectivity index (χ1v) is 6.19. The molecule has 0 aliphatic heterocycles. The van der Waals surface area contributed by atoms with Crippen LogP contribution in [0.1, 0.15) is 40.0 Å². The Morgan fingerprint density at radius 1 is 1.44 bits per heavy atom. The molecule has 4 nitrogen and oxygen atoms in total. The highest BCUT2D eigenvalue weighted by molar-refractivity contribution is 5.81. The maximum Gasteiger partial charge on any atom is 0.236 e. The van der Waals surface area contributed by atoms with Crippen molar-refractivity contribution in [2.24, 2.45) is 11.7 Å². The highest BCUT2D eigenvalue weighted by Gasteiger charge is 2.10. The molecule has 1 amide bonds. The number of rotatable bonds is 9. The van der Waals surface area contributed by atoms with Crippen molar-refractivity contribution in [3.63, 3.8) is 0 Å². The van der Waals surface area contributed by atoms with E-state index in [9.17, 15) is 4.79 Å². The first kappa shape index (κ1) is 15.4. The van der Waals surface area contributed by atoms with Gasteiger partial charge in [-0.1, -0.05) is 27.2 Å². The molecule has 0 saturated heterocycles. The Kier molecular flexibility index (Phi) is 9.24. The largest absolute Gasteiger partial charge is 0.381 e. The molecule has 96 valence electrons. The minimum atomic E-state index is -0.360. The summed E-state index contributed by atoms with van der Waals surface area (Å²) in [5.41, 5.74) is 5.67. The number of carbonyl (C=O) groups excluding carboxylic acids is 1. The van der Waals surface area contributed by atoms with E-state index in [4.69, 9.17) is 10.5 Å². The number of carbonyl (C=O) groups is 1. The average Bonchev–Trinajstić information content (AvgIpc) is 2.22. The number of nitrogens with two attached hydrogens (primary N) is 1. The van der Waals surface area contributed by atoms with E-state index < -0.39 is 0 Å². The molecule has 0 aromatic heterocycles. The fraction of sp³-hybridized carbons (Fsp3) is 0.917. The van der Waals surface area contributed by atoms with E-state index in [1.165, 1.54) is 0 Å². The fourth-order valence-corrected chi connectivity index (χ4v) is 1.28. The molecule has 0 aromatic carbocycles. The highest BCUT2D eigenvalue weighted by Crippen LogP contribution is 1.94. The quantitative estimate of drug-likeness (QED) is 0.587. The van der Waals surface area contributed by atoms with Crippen LogP contribution in [0.25, 0.3) is 0 Å². The van der Waals surface area contributed by atoms with Crippen molar-refractivity contribution in [1.82, 2.24) is 5.32 Å². The summed E-state index contributed by atoms with van der Waals surface area (Å²) >= 11 is 0. The van der Waals surface area contributed by atoms with Crippen molar-refractivity contribution < 1.29 is 9.53 Å². The first-order chi connectivity index (χ1) is 7.57. The van der Waals surface area contributed by atoms with Gasteiger partial charge in [-0.15, -0.1) is 0 Å². The Bertz CT molecular complexity index is 184. The second kappa shape index (κ2) is 9.60. The molecular formula is C12H26N2O2. The Morgan fingerprint density at radius 3 is 2.69 bits per heavy atom. The van der Waals surface area contributed by atoms with Gasteiger partial charge in [-0.05, 0) is 18.8 Å². The van der Waals surface area contributed by atoms with E-state index in [1.807, 2.05) is 6.92 Å². The van der Waals surface area contributed by atoms with Crippen LogP contribution in [0.5, 0.6) is 0 Å². The van der Waals surface area contributed by atoms with Crippen LogP contribution < -0.4 is 11.1 Å². The van der Waals surface area contributed by atoms with Crippen molar-refractivity contribution in [2.75, 3.05) is 19.8 Å². The van der Waals surface area contributed by atoms with E-state index in [1.54, 1.807) is 0 Å². The molecule has 0 spiro atoms.